The summed E-state index contributed by atoms with van der Waals surface area (Å²) < 4.78 is 0. The zero-order valence-electron chi connectivity index (χ0n) is 10.5. The smallest absolute Gasteiger partial charge is 0.223 e. The van der Waals surface area contributed by atoms with Crippen molar-refractivity contribution >= 4 is 23.2 Å². The Kier molecular flexibility index (Phi) is 4.80. The first-order chi connectivity index (χ1) is 9.25. The van der Waals surface area contributed by atoms with Crippen LogP contribution in [-0.4, -0.2) is 21.5 Å². The van der Waals surface area contributed by atoms with Crippen molar-refractivity contribution < 1.29 is 0 Å². The minimum atomic E-state index is 0.287. The Balaban J connectivity index is 1.80. The van der Waals surface area contributed by atoms with Gasteiger partial charge in [0, 0.05) is 12.7 Å². The molecular weight excluding hydrogens is 256 g/mol. The van der Waals surface area contributed by atoms with Crippen LogP contribution in [0.4, 0.5) is 5.95 Å². The lowest BCUT2D eigenvalue weighted by Gasteiger charge is -2.06. The van der Waals surface area contributed by atoms with Gasteiger partial charge >= 0.3 is 0 Å². The molecule has 0 aliphatic heterocycles. The lowest BCUT2D eigenvalue weighted by atomic mass is 10.1. The average molecular weight is 272 g/mol. The number of hydrogen-bond donors (Lipinski definition) is 2. The van der Waals surface area contributed by atoms with Crippen molar-refractivity contribution in [1.29, 1.82) is 0 Å². The molecule has 1 aromatic carbocycles. The summed E-state index contributed by atoms with van der Waals surface area (Å²) in [6.07, 6.45) is 3.70. The van der Waals surface area contributed by atoms with E-state index in [0.717, 1.165) is 19.4 Å². The Bertz CT molecular complexity index is 542. The van der Waals surface area contributed by atoms with Crippen molar-refractivity contribution in [3.63, 3.8) is 0 Å². The lowest BCUT2D eigenvalue weighted by molar-refractivity contribution is 0.852. The van der Waals surface area contributed by atoms with Crippen molar-refractivity contribution in [3.05, 3.63) is 53.9 Å². The van der Waals surface area contributed by atoms with Crippen LogP contribution in [0.3, 0.4) is 0 Å². The van der Waals surface area contributed by atoms with Gasteiger partial charge in [0.2, 0.25) is 5.95 Å². The second kappa shape index (κ2) is 6.80. The van der Waals surface area contributed by atoms with Crippen LogP contribution >= 0.6 is 12.2 Å². The predicted octanol–water partition coefficient (Wildman–Crippen LogP) is 2.16. The molecule has 5 heteroatoms. The monoisotopic (exact) mass is 272 g/mol. The molecule has 0 saturated carbocycles. The Labute approximate surface area is 118 Å². The highest BCUT2D eigenvalue weighted by Crippen LogP contribution is 2.04. The first-order valence-electron chi connectivity index (χ1n) is 6.16. The van der Waals surface area contributed by atoms with Gasteiger partial charge in [-0.05, 0) is 24.5 Å². The van der Waals surface area contributed by atoms with Gasteiger partial charge in [-0.1, -0.05) is 42.5 Å². The van der Waals surface area contributed by atoms with Crippen molar-refractivity contribution in [2.75, 3.05) is 11.9 Å². The van der Waals surface area contributed by atoms with Gasteiger partial charge in [-0.3, -0.25) is 0 Å². The van der Waals surface area contributed by atoms with Gasteiger partial charge < -0.3 is 11.1 Å². The van der Waals surface area contributed by atoms with Crippen molar-refractivity contribution in [3.8, 4) is 0 Å². The summed E-state index contributed by atoms with van der Waals surface area (Å²) in [6, 6.07) is 12.1. The van der Waals surface area contributed by atoms with Crippen LogP contribution in [0.25, 0.3) is 0 Å². The van der Waals surface area contributed by atoms with E-state index in [2.05, 4.69) is 39.6 Å². The SMILES string of the molecule is NC(=S)c1ccnc(NCCCc2ccccc2)n1. The Morgan fingerprint density at radius 3 is 2.74 bits per heavy atom. The number of anilines is 1. The van der Waals surface area contributed by atoms with E-state index in [4.69, 9.17) is 18.0 Å². The number of nitrogens with one attached hydrogen (secondary N) is 1. The van der Waals surface area contributed by atoms with E-state index in [1.165, 1.54) is 5.56 Å². The minimum absolute atomic E-state index is 0.287. The summed E-state index contributed by atoms with van der Waals surface area (Å²) in [7, 11) is 0. The van der Waals surface area contributed by atoms with E-state index in [9.17, 15) is 0 Å². The summed E-state index contributed by atoms with van der Waals surface area (Å²) in [6.45, 7) is 0.815. The minimum Gasteiger partial charge on any atom is -0.388 e. The molecular formula is C14H16N4S. The number of hydrogen-bond acceptors (Lipinski definition) is 4. The highest BCUT2D eigenvalue weighted by Gasteiger charge is 2.00. The number of aryl methyl sites for hydroxylation is 1. The molecule has 3 N–H and O–H groups in total. The second-order valence-corrected chi connectivity index (χ2v) is 4.59. The molecule has 2 rings (SSSR count). The van der Waals surface area contributed by atoms with Crippen molar-refractivity contribution in [2.45, 2.75) is 12.8 Å². The molecule has 0 aliphatic carbocycles. The fourth-order valence-corrected chi connectivity index (χ4v) is 1.83. The van der Waals surface area contributed by atoms with Crippen molar-refractivity contribution in [1.82, 2.24) is 9.97 Å². The predicted molar refractivity (Wildman–Crippen MR) is 81.2 cm³/mol. The topological polar surface area (TPSA) is 63.8 Å². The van der Waals surface area contributed by atoms with Crippen molar-refractivity contribution in [2.24, 2.45) is 5.73 Å². The molecule has 2 aromatic rings. The third-order valence-corrected chi connectivity index (χ3v) is 2.89. The van der Waals surface area contributed by atoms with E-state index >= 15 is 0 Å². The van der Waals surface area contributed by atoms with Crippen LogP contribution in [0.1, 0.15) is 17.7 Å². The number of rotatable bonds is 6. The molecule has 0 atom stereocenters. The van der Waals surface area contributed by atoms with Crippen LogP contribution in [0, 0.1) is 0 Å². The van der Waals surface area contributed by atoms with Gasteiger partial charge in [-0.15, -0.1) is 0 Å². The first kappa shape index (κ1) is 13.4. The first-order valence-corrected chi connectivity index (χ1v) is 6.57. The molecule has 19 heavy (non-hydrogen) atoms. The average Bonchev–Trinajstić information content (AvgIpc) is 2.45. The molecule has 0 amide bonds. The fourth-order valence-electron chi connectivity index (χ4n) is 1.72. The van der Waals surface area contributed by atoms with Gasteiger partial charge in [0.1, 0.15) is 10.7 Å². The van der Waals surface area contributed by atoms with E-state index < -0.39 is 0 Å². The highest BCUT2D eigenvalue weighted by molar-refractivity contribution is 7.80. The van der Waals surface area contributed by atoms with Gasteiger partial charge in [-0.2, -0.15) is 0 Å². The highest BCUT2D eigenvalue weighted by atomic mass is 32.1. The molecule has 0 unspecified atom stereocenters. The Morgan fingerprint density at radius 1 is 1.21 bits per heavy atom. The van der Waals surface area contributed by atoms with Crippen LogP contribution in [-0.2, 0) is 6.42 Å². The van der Waals surface area contributed by atoms with E-state index in [1.807, 2.05) is 6.07 Å². The van der Waals surface area contributed by atoms with Crippen LogP contribution in [0.15, 0.2) is 42.6 Å². The fraction of sp³-hybridized carbons (Fsp3) is 0.214. The summed E-state index contributed by atoms with van der Waals surface area (Å²) >= 11 is 4.88. The second-order valence-electron chi connectivity index (χ2n) is 4.15. The molecule has 0 spiro atoms. The molecule has 0 aliphatic rings. The molecule has 0 saturated heterocycles. The molecule has 1 aromatic heterocycles. The van der Waals surface area contributed by atoms with Crippen LogP contribution in [0.2, 0.25) is 0 Å². The normalized spacial score (nSPS) is 10.1. The van der Waals surface area contributed by atoms with E-state index in [1.54, 1.807) is 12.3 Å². The number of nitrogens with two attached hydrogens (primary N) is 1. The van der Waals surface area contributed by atoms with Gasteiger partial charge in [0.05, 0.1) is 0 Å². The molecule has 0 radical (unpaired) electrons. The zero-order chi connectivity index (χ0) is 13.5. The molecule has 98 valence electrons. The quantitative estimate of drug-likeness (QED) is 0.623. The molecule has 1 heterocycles. The summed E-state index contributed by atoms with van der Waals surface area (Å²) in [5, 5.41) is 3.17. The zero-order valence-corrected chi connectivity index (χ0v) is 11.4. The van der Waals surface area contributed by atoms with E-state index in [0.29, 0.717) is 11.6 Å². The molecule has 4 nitrogen and oxygen atoms in total. The number of benzene rings is 1. The summed E-state index contributed by atoms with van der Waals surface area (Å²) in [5.74, 6) is 0.568. The van der Waals surface area contributed by atoms with Crippen LogP contribution in [0.5, 0.6) is 0 Å². The Morgan fingerprint density at radius 2 is 2.00 bits per heavy atom. The van der Waals surface area contributed by atoms with E-state index in [-0.39, 0.29) is 4.99 Å². The number of thiocarbonyl (C=S) groups is 1. The lowest BCUT2D eigenvalue weighted by Crippen LogP contribution is -2.14. The summed E-state index contributed by atoms with van der Waals surface area (Å²) in [4.78, 5) is 8.64. The van der Waals surface area contributed by atoms with Gasteiger partial charge in [0.15, 0.2) is 0 Å². The van der Waals surface area contributed by atoms with Gasteiger partial charge in [-0.25, -0.2) is 9.97 Å². The summed E-state index contributed by atoms with van der Waals surface area (Å²) in [5.41, 5.74) is 7.46. The maximum Gasteiger partial charge on any atom is 0.223 e. The Hall–Kier alpha value is -2.01. The maximum atomic E-state index is 5.53. The van der Waals surface area contributed by atoms with Gasteiger partial charge in [0.25, 0.3) is 0 Å². The standard InChI is InChI=1S/C14H16N4S/c15-13(19)12-8-10-17-14(18-12)16-9-4-7-11-5-2-1-3-6-11/h1-3,5-6,8,10H,4,7,9H2,(H2,15,19)(H,16,17,18). The molecule has 0 fully saturated rings. The third kappa shape index (κ3) is 4.30. The third-order valence-electron chi connectivity index (χ3n) is 2.68. The number of nitrogens with zero attached hydrogens (tertiary/aromatic N) is 2. The van der Waals surface area contributed by atoms with Crippen LogP contribution < -0.4 is 11.1 Å². The number of aromatic nitrogens is 2. The maximum absolute atomic E-state index is 5.53. The largest absolute Gasteiger partial charge is 0.388 e. The molecule has 0 bridgehead atoms.